The lowest BCUT2D eigenvalue weighted by Crippen LogP contribution is -2.53. The molecule has 2 saturated heterocycles. The first-order valence-electron chi connectivity index (χ1n) is 10.3. The van der Waals surface area contributed by atoms with Crippen molar-refractivity contribution in [3.63, 3.8) is 0 Å². The fourth-order valence-electron chi connectivity index (χ4n) is 5.20. The molecule has 1 amide bonds. The Morgan fingerprint density at radius 2 is 1.82 bits per heavy atom. The van der Waals surface area contributed by atoms with Crippen LogP contribution in [-0.4, -0.2) is 74.0 Å². The molecule has 0 N–H and O–H groups in total. The topological polar surface area (TPSA) is 73.8 Å². The molecule has 1 aromatic rings. The number of sulfonamides is 1. The lowest BCUT2D eigenvalue weighted by molar-refractivity contribution is -0.139. The summed E-state index contributed by atoms with van der Waals surface area (Å²) in [6.07, 6.45) is 8.35. The normalized spacial score (nSPS) is 26.0. The molecule has 1 aromatic heterocycles. The average Bonchev–Trinajstić information content (AvgIpc) is 3.08. The van der Waals surface area contributed by atoms with Crippen LogP contribution < -0.4 is 4.90 Å². The van der Waals surface area contributed by atoms with Crippen molar-refractivity contribution in [2.45, 2.75) is 32.1 Å². The third-order valence-electron chi connectivity index (χ3n) is 6.80. The monoisotopic (exact) mass is 406 g/mol. The number of amides is 1. The zero-order chi connectivity index (χ0) is 19.8. The molecule has 3 aliphatic rings. The van der Waals surface area contributed by atoms with Crippen molar-refractivity contribution in [1.82, 2.24) is 14.2 Å². The Hall–Kier alpha value is -1.67. The molecule has 0 aromatic carbocycles. The molecule has 2 aliphatic heterocycles. The average molecular weight is 407 g/mol. The number of rotatable bonds is 3. The summed E-state index contributed by atoms with van der Waals surface area (Å²) in [6.45, 7) is 3.71. The molecule has 28 heavy (non-hydrogen) atoms. The summed E-state index contributed by atoms with van der Waals surface area (Å²) in [5, 5.41) is 0. The second-order valence-corrected chi connectivity index (χ2v) is 10.5. The molecular weight excluding hydrogens is 376 g/mol. The van der Waals surface area contributed by atoms with Crippen LogP contribution in [-0.2, 0) is 14.8 Å². The molecule has 0 radical (unpaired) electrons. The standard InChI is InChI=1S/C20H30N4O3S/c1-28(26,27)24-15-17(20(16-24)8-4-2-5-9-20)19(25)23-13-11-22(12-14-23)18-7-3-6-10-21-18/h3,6-7,10,17H,2,4-5,8-9,11-16H2,1H3. The van der Waals surface area contributed by atoms with Gasteiger partial charge in [0.25, 0.3) is 0 Å². The predicted molar refractivity (Wildman–Crippen MR) is 108 cm³/mol. The minimum Gasteiger partial charge on any atom is -0.353 e. The van der Waals surface area contributed by atoms with E-state index in [-0.39, 0.29) is 17.2 Å². The zero-order valence-corrected chi connectivity index (χ0v) is 17.4. The summed E-state index contributed by atoms with van der Waals surface area (Å²) in [7, 11) is -3.27. The minimum atomic E-state index is -3.27. The van der Waals surface area contributed by atoms with Crippen LogP contribution in [0.2, 0.25) is 0 Å². The first-order chi connectivity index (χ1) is 13.4. The number of carbonyl (C=O) groups is 1. The number of aromatic nitrogens is 1. The van der Waals surface area contributed by atoms with Crippen LogP contribution in [0.15, 0.2) is 24.4 Å². The Morgan fingerprint density at radius 3 is 2.43 bits per heavy atom. The highest BCUT2D eigenvalue weighted by atomic mass is 32.2. The van der Waals surface area contributed by atoms with Crippen molar-refractivity contribution in [3.8, 4) is 0 Å². The van der Waals surface area contributed by atoms with Crippen LogP contribution in [0.5, 0.6) is 0 Å². The first-order valence-corrected chi connectivity index (χ1v) is 12.1. The Kier molecular flexibility index (Phi) is 5.35. The van der Waals surface area contributed by atoms with E-state index >= 15 is 0 Å². The van der Waals surface area contributed by atoms with Gasteiger partial charge in [0.2, 0.25) is 15.9 Å². The van der Waals surface area contributed by atoms with Crippen molar-refractivity contribution >= 4 is 21.7 Å². The molecule has 7 nitrogen and oxygen atoms in total. The number of carbonyl (C=O) groups excluding carboxylic acids is 1. The maximum atomic E-state index is 13.5. The Bertz CT molecular complexity index is 800. The quantitative estimate of drug-likeness (QED) is 0.762. The summed E-state index contributed by atoms with van der Waals surface area (Å²) in [4.78, 5) is 22.0. The molecule has 0 bridgehead atoms. The van der Waals surface area contributed by atoms with Gasteiger partial charge in [-0.25, -0.2) is 17.7 Å². The Labute approximate surface area is 167 Å². The summed E-state index contributed by atoms with van der Waals surface area (Å²) in [5.74, 6) is 0.889. The van der Waals surface area contributed by atoms with E-state index in [1.165, 1.54) is 12.7 Å². The number of pyridine rings is 1. The summed E-state index contributed by atoms with van der Waals surface area (Å²) >= 11 is 0. The molecular formula is C20H30N4O3S. The Morgan fingerprint density at radius 1 is 1.11 bits per heavy atom. The van der Waals surface area contributed by atoms with Crippen LogP contribution in [0, 0.1) is 11.3 Å². The summed E-state index contributed by atoms with van der Waals surface area (Å²) in [6, 6.07) is 5.88. The zero-order valence-electron chi connectivity index (χ0n) is 16.6. The van der Waals surface area contributed by atoms with Gasteiger partial charge in [0.05, 0.1) is 12.2 Å². The predicted octanol–water partition coefficient (Wildman–Crippen LogP) is 1.57. The lowest BCUT2D eigenvalue weighted by atomic mass is 9.67. The van der Waals surface area contributed by atoms with Crippen LogP contribution in [0.4, 0.5) is 5.82 Å². The van der Waals surface area contributed by atoms with E-state index < -0.39 is 10.0 Å². The van der Waals surface area contributed by atoms with E-state index in [1.807, 2.05) is 23.1 Å². The highest BCUT2D eigenvalue weighted by Crippen LogP contribution is 2.48. The van der Waals surface area contributed by atoms with E-state index in [0.29, 0.717) is 26.2 Å². The van der Waals surface area contributed by atoms with Crippen LogP contribution >= 0.6 is 0 Å². The van der Waals surface area contributed by atoms with Gasteiger partial charge in [0.1, 0.15) is 5.82 Å². The van der Waals surface area contributed by atoms with Gasteiger partial charge in [-0.15, -0.1) is 0 Å². The van der Waals surface area contributed by atoms with Gasteiger partial charge >= 0.3 is 0 Å². The molecule has 1 saturated carbocycles. The third-order valence-corrected chi connectivity index (χ3v) is 8.01. The number of nitrogens with zero attached hydrogens (tertiary/aromatic N) is 4. The van der Waals surface area contributed by atoms with E-state index in [4.69, 9.17) is 0 Å². The molecule has 154 valence electrons. The highest BCUT2D eigenvalue weighted by molar-refractivity contribution is 7.88. The van der Waals surface area contributed by atoms with Gasteiger partial charge < -0.3 is 9.80 Å². The molecule has 1 aliphatic carbocycles. The number of hydrogen-bond acceptors (Lipinski definition) is 5. The SMILES string of the molecule is CS(=O)(=O)N1CC(C(=O)N2CCN(c3ccccn3)CC2)C2(CCCCC2)C1. The van der Waals surface area contributed by atoms with Crippen molar-refractivity contribution < 1.29 is 13.2 Å². The fraction of sp³-hybridized carbons (Fsp3) is 0.700. The van der Waals surface area contributed by atoms with E-state index in [2.05, 4.69) is 9.88 Å². The third kappa shape index (κ3) is 3.76. The first kappa shape index (κ1) is 19.6. The van der Waals surface area contributed by atoms with Crippen molar-refractivity contribution in [1.29, 1.82) is 0 Å². The Balaban J connectivity index is 1.47. The minimum absolute atomic E-state index is 0.147. The molecule has 1 spiro atoms. The summed E-state index contributed by atoms with van der Waals surface area (Å²) in [5.41, 5.74) is -0.170. The van der Waals surface area contributed by atoms with Gasteiger partial charge in [-0.2, -0.15) is 0 Å². The van der Waals surface area contributed by atoms with Gasteiger partial charge in [0, 0.05) is 45.5 Å². The highest BCUT2D eigenvalue weighted by Gasteiger charge is 2.53. The maximum Gasteiger partial charge on any atom is 0.227 e. The van der Waals surface area contributed by atoms with Gasteiger partial charge in [-0.05, 0) is 30.4 Å². The molecule has 8 heteroatoms. The fourth-order valence-corrected chi connectivity index (χ4v) is 6.11. The lowest BCUT2D eigenvalue weighted by Gasteiger charge is -2.41. The second kappa shape index (κ2) is 7.63. The van der Waals surface area contributed by atoms with Gasteiger partial charge in [-0.3, -0.25) is 4.79 Å². The number of piperazine rings is 1. The largest absolute Gasteiger partial charge is 0.353 e. The van der Waals surface area contributed by atoms with Crippen molar-refractivity contribution in [2.75, 3.05) is 50.4 Å². The van der Waals surface area contributed by atoms with Crippen molar-refractivity contribution in [3.05, 3.63) is 24.4 Å². The van der Waals surface area contributed by atoms with E-state index in [1.54, 1.807) is 10.5 Å². The van der Waals surface area contributed by atoms with Gasteiger partial charge in [0.15, 0.2) is 0 Å². The molecule has 4 rings (SSSR count). The maximum absolute atomic E-state index is 13.5. The van der Waals surface area contributed by atoms with E-state index in [0.717, 1.165) is 44.6 Å². The van der Waals surface area contributed by atoms with Crippen LogP contribution in [0.1, 0.15) is 32.1 Å². The smallest absolute Gasteiger partial charge is 0.227 e. The van der Waals surface area contributed by atoms with Crippen LogP contribution in [0.25, 0.3) is 0 Å². The summed E-state index contributed by atoms with van der Waals surface area (Å²) < 4.78 is 25.9. The second-order valence-electron chi connectivity index (χ2n) is 8.53. The number of hydrogen-bond donors (Lipinski definition) is 0. The number of anilines is 1. The molecule has 1 atom stereocenters. The van der Waals surface area contributed by atoms with E-state index in [9.17, 15) is 13.2 Å². The molecule has 3 heterocycles. The van der Waals surface area contributed by atoms with Crippen LogP contribution in [0.3, 0.4) is 0 Å². The molecule has 1 unspecified atom stereocenters. The van der Waals surface area contributed by atoms with Crippen molar-refractivity contribution in [2.24, 2.45) is 11.3 Å². The van der Waals surface area contributed by atoms with Gasteiger partial charge in [-0.1, -0.05) is 25.3 Å². The molecule has 3 fully saturated rings.